The molecule has 0 atom stereocenters. The maximum absolute atomic E-state index is 2.48. The van der Waals surface area contributed by atoms with Crippen molar-refractivity contribution in [3.63, 3.8) is 0 Å². The zero-order chi connectivity index (χ0) is 32.0. The number of para-hydroxylation sites is 2. The number of rotatable bonds is 3. The highest BCUT2D eigenvalue weighted by Gasteiger charge is 2.36. The highest BCUT2D eigenvalue weighted by atomic mass is 15.0. The maximum atomic E-state index is 2.48. The van der Waals surface area contributed by atoms with E-state index in [0.29, 0.717) is 0 Å². The van der Waals surface area contributed by atoms with E-state index in [1.165, 1.54) is 93.5 Å². The molecule has 0 amide bonds. The molecule has 8 aromatic carbocycles. The maximum Gasteiger partial charge on any atom is 0.0541 e. The Morgan fingerprint density at radius 3 is 1.38 bits per heavy atom. The molecule has 0 radical (unpaired) electrons. The van der Waals surface area contributed by atoms with Crippen LogP contribution in [0.15, 0.2) is 164 Å². The van der Waals surface area contributed by atoms with Crippen LogP contribution in [-0.4, -0.2) is 4.57 Å². The summed E-state index contributed by atoms with van der Waals surface area (Å²) in [4.78, 5) is 0. The van der Waals surface area contributed by atoms with Crippen LogP contribution in [0, 0.1) is 0 Å². The van der Waals surface area contributed by atoms with Gasteiger partial charge >= 0.3 is 0 Å². The Hall–Kier alpha value is -5.92. The van der Waals surface area contributed by atoms with E-state index in [1.807, 2.05) is 0 Å². The Bertz CT molecular complexity index is 2630. The molecule has 1 aliphatic rings. The Kier molecular flexibility index (Phi) is 5.69. The van der Waals surface area contributed by atoms with Crippen molar-refractivity contribution in [3.05, 3.63) is 175 Å². The largest absolute Gasteiger partial charge is 0.309 e. The lowest BCUT2D eigenvalue weighted by atomic mass is 9.80. The number of nitrogens with zero attached hydrogens (tertiary/aromatic N) is 1. The molecule has 1 heterocycles. The predicted molar refractivity (Wildman–Crippen MR) is 204 cm³/mol. The minimum absolute atomic E-state index is 0.162. The molecule has 1 nitrogen and oxygen atoms in total. The average molecular weight is 612 g/mol. The summed E-state index contributed by atoms with van der Waals surface area (Å²) >= 11 is 0. The van der Waals surface area contributed by atoms with E-state index in [2.05, 4.69) is 182 Å². The summed E-state index contributed by atoms with van der Waals surface area (Å²) in [7, 11) is 0. The van der Waals surface area contributed by atoms with Gasteiger partial charge in [0.15, 0.2) is 0 Å². The fourth-order valence-corrected chi connectivity index (χ4v) is 8.58. The van der Waals surface area contributed by atoms with Gasteiger partial charge in [-0.3, -0.25) is 0 Å². The summed E-state index contributed by atoms with van der Waals surface area (Å²) in [5, 5.41) is 7.73. The van der Waals surface area contributed by atoms with Crippen LogP contribution in [0.2, 0.25) is 0 Å². The highest BCUT2D eigenvalue weighted by molar-refractivity contribution is 6.21. The fourth-order valence-electron chi connectivity index (χ4n) is 8.58. The van der Waals surface area contributed by atoms with Crippen LogP contribution in [0.4, 0.5) is 0 Å². The van der Waals surface area contributed by atoms with Gasteiger partial charge in [-0.15, -0.1) is 0 Å². The van der Waals surface area contributed by atoms with Gasteiger partial charge in [-0.05, 0) is 96.4 Å². The Labute approximate surface area is 280 Å². The zero-order valence-corrected chi connectivity index (χ0v) is 27.0. The lowest BCUT2D eigenvalue weighted by molar-refractivity contribution is 0.660. The minimum Gasteiger partial charge on any atom is -0.309 e. The van der Waals surface area contributed by atoms with Gasteiger partial charge in [0.25, 0.3) is 0 Å². The van der Waals surface area contributed by atoms with E-state index in [1.54, 1.807) is 0 Å². The second-order valence-corrected chi connectivity index (χ2v) is 13.7. The first-order valence-electron chi connectivity index (χ1n) is 16.9. The summed E-state index contributed by atoms with van der Waals surface area (Å²) in [6.45, 7) is 4.79. The van der Waals surface area contributed by atoms with Crippen molar-refractivity contribution >= 4 is 43.4 Å². The van der Waals surface area contributed by atoms with Gasteiger partial charge in [-0.1, -0.05) is 147 Å². The van der Waals surface area contributed by atoms with E-state index >= 15 is 0 Å². The van der Waals surface area contributed by atoms with Crippen LogP contribution in [0.25, 0.3) is 82.4 Å². The Balaban J connectivity index is 1.17. The number of fused-ring (bicyclic) bond motifs is 8. The highest BCUT2D eigenvalue weighted by Crippen LogP contribution is 2.52. The molecule has 0 aliphatic heterocycles. The molecule has 1 aromatic heterocycles. The van der Waals surface area contributed by atoms with Gasteiger partial charge in [0.2, 0.25) is 0 Å². The van der Waals surface area contributed by atoms with Crippen molar-refractivity contribution in [3.8, 4) is 39.1 Å². The van der Waals surface area contributed by atoms with E-state index in [0.717, 1.165) is 0 Å². The van der Waals surface area contributed by atoms with Crippen molar-refractivity contribution in [1.82, 2.24) is 4.57 Å². The summed E-state index contributed by atoms with van der Waals surface area (Å²) in [5.41, 5.74) is 14.1. The predicted octanol–water partition coefficient (Wildman–Crippen LogP) is 12.7. The molecule has 9 aromatic rings. The first kappa shape index (κ1) is 27.2. The topological polar surface area (TPSA) is 4.93 Å². The molecular formula is C47H33N. The molecule has 0 fully saturated rings. The second kappa shape index (κ2) is 10.0. The van der Waals surface area contributed by atoms with E-state index in [-0.39, 0.29) is 5.41 Å². The monoisotopic (exact) mass is 611 g/mol. The average Bonchev–Trinajstić information content (AvgIpc) is 3.59. The number of hydrogen-bond donors (Lipinski definition) is 0. The van der Waals surface area contributed by atoms with Crippen molar-refractivity contribution < 1.29 is 0 Å². The van der Waals surface area contributed by atoms with E-state index in [9.17, 15) is 0 Å². The summed E-state index contributed by atoms with van der Waals surface area (Å²) in [5.74, 6) is 0. The third-order valence-electron chi connectivity index (χ3n) is 10.8. The van der Waals surface area contributed by atoms with Crippen LogP contribution in [0.5, 0.6) is 0 Å². The molecule has 10 rings (SSSR count). The van der Waals surface area contributed by atoms with Gasteiger partial charge in [0.1, 0.15) is 0 Å². The second-order valence-electron chi connectivity index (χ2n) is 13.7. The molecular weight excluding hydrogens is 579 g/mol. The summed E-state index contributed by atoms with van der Waals surface area (Å²) < 4.78 is 2.43. The first-order valence-corrected chi connectivity index (χ1v) is 16.9. The molecule has 0 bridgehead atoms. The third kappa shape index (κ3) is 3.73. The minimum atomic E-state index is -0.162. The summed E-state index contributed by atoms with van der Waals surface area (Å²) in [6, 6.07) is 60.5. The molecule has 1 heteroatoms. The summed E-state index contributed by atoms with van der Waals surface area (Å²) in [6.07, 6.45) is 0. The molecule has 48 heavy (non-hydrogen) atoms. The van der Waals surface area contributed by atoms with Crippen LogP contribution in [0.3, 0.4) is 0 Å². The number of benzene rings is 8. The third-order valence-corrected chi connectivity index (χ3v) is 10.8. The lowest BCUT2D eigenvalue weighted by Gasteiger charge is -2.23. The molecule has 0 saturated carbocycles. The Morgan fingerprint density at radius 2 is 0.812 bits per heavy atom. The molecule has 0 unspecified atom stereocenters. The van der Waals surface area contributed by atoms with Gasteiger partial charge in [-0.25, -0.2) is 0 Å². The Morgan fingerprint density at radius 1 is 0.375 bits per heavy atom. The van der Waals surface area contributed by atoms with Crippen LogP contribution in [0.1, 0.15) is 25.0 Å². The van der Waals surface area contributed by atoms with Crippen LogP contribution >= 0.6 is 0 Å². The van der Waals surface area contributed by atoms with Crippen LogP contribution in [-0.2, 0) is 5.41 Å². The molecule has 1 aliphatic carbocycles. The first-order chi connectivity index (χ1) is 23.6. The molecule has 0 saturated heterocycles. The lowest BCUT2D eigenvalue weighted by Crippen LogP contribution is -2.15. The number of hydrogen-bond acceptors (Lipinski definition) is 0. The van der Waals surface area contributed by atoms with Gasteiger partial charge < -0.3 is 4.57 Å². The smallest absolute Gasteiger partial charge is 0.0541 e. The molecule has 0 N–H and O–H groups in total. The van der Waals surface area contributed by atoms with E-state index in [4.69, 9.17) is 0 Å². The van der Waals surface area contributed by atoms with Crippen molar-refractivity contribution in [2.45, 2.75) is 19.3 Å². The van der Waals surface area contributed by atoms with E-state index < -0.39 is 0 Å². The van der Waals surface area contributed by atoms with Gasteiger partial charge in [0.05, 0.1) is 11.0 Å². The standard InChI is InChI=1S/C47H33N/c1-47(2)41-28-31(46-39-20-8-6-18-37(39)45(30-14-4-3-5-15-30)38-19-7-9-21-40(38)46)24-26-33(41)34-27-25-32(29-42(34)47)48-43-22-12-10-16-35(43)36-17-11-13-23-44(36)48/h3-29H,1-2H3. The van der Waals surface area contributed by atoms with Gasteiger partial charge in [-0.2, -0.15) is 0 Å². The normalized spacial score (nSPS) is 13.4. The quantitative estimate of drug-likeness (QED) is 0.175. The SMILES string of the molecule is CC1(C)c2cc(-c3c4ccccc4c(-c4ccccc4)c4ccccc34)ccc2-c2ccc(-n3c4ccccc4c4ccccc43)cc21. The van der Waals surface area contributed by atoms with Crippen molar-refractivity contribution in [1.29, 1.82) is 0 Å². The fraction of sp³-hybridized carbons (Fsp3) is 0.0638. The zero-order valence-electron chi connectivity index (χ0n) is 27.0. The molecule has 0 spiro atoms. The number of aromatic nitrogens is 1. The van der Waals surface area contributed by atoms with Crippen molar-refractivity contribution in [2.24, 2.45) is 0 Å². The van der Waals surface area contributed by atoms with Gasteiger partial charge in [0, 0.05) is 21.9 Å². The van der Waals surface area contributed by atoms with Crippen LogP contribution < -0.4 is 0 Å². The molecule has 226 valence electrons. The van der Waals surface area contributed by atoms with Crippen molar-refractivity contribution in [2.75, 3.05) is 0 Å².